The zero-order valence-corrected chi connectivity index (χ0v) is 14.1. The molecular weight excluding hydrogens is 347 g/mol. The average molecular weight is 362 g/mol. The van der Waals surface area contributed by atoms with E-state index < -0.39 is 23.5 Å². The number of halogens is 1. The average Bonchev–Trinajstić information content (AvgIpc) is 2.70. The third kappa shape index (κ3) is 3.25. The van der Waals surface area contributed by atoms with Crippen LogP contribution in [0.2, 0.25) is 0 Å². The van der Waals surface area contributed by atoms with E-state index in [1.165, 1.54) is 24.3 Å². The van der Waals surface area contributed by atoms with Crippen LogP contribution in [0.1, 0.15) is 27.4 Å². The monoisotopic (exact) mass is 362 g/mol. The van der Waals surface area contributed by atoms with Gasteiger partial charge in [0.15, 0.2) is 0 Å². The number of fused-ring (bicyclic) bond motifs is 2. The number of ether oxygens (including phenoxy) is 1. The number of hydrogen-bond donors (Lipinski definition) is 2. The number of hydrogen-bond acceptors (Lipinski definition) is 3. The smallest absolute Gasteiger partial charge is 0.269 e. The second-order valence-electron chi connectivity index (χ2n) is 6.06. The van der Waals surface area contributed by atoms with Crippen molar-refractivity contribution in [1.82, 2.24) is 10.9 Å². The van der Waals surface area contributed by atoms with Gasteiger partial charge >= 0.3 is 0 Å². The third-order valence-corrected chi connectivity index (χ3v) is 4.35. The molecule has 0 saturated carbocycles. The summed E-state index contributed by atoms with van der Waals surface area (Å²) in [5, 5.41) is 0. The van der Waals surface area contributed by atoms with E-state index in [-0.39, 0.29) is 5.56 Å². The number of benzene rings is 3. The number of para-hydroxylation sites is 2. The minimum atomic E-state index is -0.625. The molecule has 0 unspecified atom stereocenters. The highest BCUT2D eigenvalue weighted by Crippen LogP contribution is 2.43. The lowest BCUT2D eigenvalue weighted by atomic mass is 9.87. The van der Waals surface area contributed by atoms with Crippen LogP contribution in [0, 0.1) is 5.82 Å². The van der Waals surface area contributed by atoms with E-state index >= 15 is 0 Å². The zero-order chi connectivity index (χ0) is 18.8. The Morgan fingerprint density at radius 3 is 1.93 bits per heavy atom. The molecule has 134 valence electrons. The maximum Gasteiger partial charge on any atom is 0.269 e. The lowest BCUT2D eigenvalue weighted by Gasteiger charge is -2.27. The second-order valence-corrected chi connectivity index (χ2v) is 6.06. The molecule has 0 atom stereocenters. The molecule has 3 aromatic carbocycles. The summed E-state index contributed by atoms with van der Waals surface area (Å²) < 4.78 is 18.8. The first-order chi connectivity index (χ1) is 13.1. The molecule has 3 aromatic rings. The van der Waals surface area contributed by atoms with E-state index in [1.54, 1.807) is 12.1 Å². The van der Waals surface area contributed by atoms with E-state index in [9.17, 15) is 14.0 Å². The van der Waals surface area contributed by atoms with Crippen LogP contribution in [0.15, 0.2) is 72.8 Å². The fraction of sp³-hybridized carbons (Fsp3) is 0.0476. The predicted molar refractivity (Wildman–Crippen MR) is 96.8 cm³/mol. The summed E-state index contributed by atoms with van der Waals surface area (Å²) in [6, 6.07) is 19.6. The summed E-state index contributed by atoms with van der Waals surface area (Å²) >= 11 is 0. The highest BCUT2D eigenvalue weighted by molar-refractivity contribution is 5.97. The van der Waals surface area contributed by atoms with Crippen molar-refractivity contribution in [3.8, 4) is 11.5 Å². The maximum atomic E-state index is 13.0. The molecule has 0 radical (unpaired) electrons. The van der Waals surface area contributed by atoms with Crippen molar-refractivity contribution in [2.24, 2.45) is 0 Å². The molecule has 0 saturated heterocycles. The van der Waals surface area contributed by atoms with Crippen molar-refractivity contribution in [2.45, 2.75) is 5.92 Å². The van der Waals surface area contributed by atoms with E-state index in [0.717, 1.165) is 0 Å². The van der Waals surface area contributed by atoms with Crippen molar-refractivity contribution in [3.05, 3.63) is 95.3 Å². The molecule has 0 aliphatic carbocycles. The molecule has 5 nitrogen and oxygen atoms in total. The van der Waals surface area contributed by atoms with Crippen LogP contribution >= 0.6 is 0 Å². The quantitative estimate of drug-likeness (QED) is 0.686. The molecule has 2 amide bonds. The van der Waals surface area contributed by atoms with Gasteiger partial charge in [-0.3, -0.25) is 20.4 Å². The molecule has 0 fully saturated rings. The van der Waals surface area contributed by atoms with Gasteiger partial charge in [-0.25, -0.2) is 4.39 Å². The SMILES string of the molecule is O=C(NNC(=O)C1c2ccccc2Oc2ccccc21)c1ccc(F)cc1. The Labute approximate surface area is 154 Å². The summed E-state index contributed by atoms with van der Waals surface area (Å²) in [5.74, 6) is -0.793. The minimum absolute atomic E-state index is 0.240. The van der Waals surface area contributed by atoms with Crippen LogP contribution in [0.5, 0.6) is 11.5 Å². The molecule has 0 spiro atoms. The Kier molecular flexibility index (Phi) is 4.30. The molecule has 1 heterocycles. The number of rotatable bonds is 2. The number of amides is 2. The molecule has 0 aromatic heterocycles. The fourth-order valence-corrected chi connectivity index (χ4v) is 3.06. The summed E-state index contributed by atoms with van der Waals surface area (Å²) in [5.41, 5.74) is 6.50. The summed E-state index contributed by atoms with van der Waals surface area (Å²) in [4.78, 5) is 25.0. The number of nitrogens with one attached hydrogen (secondary N) is 2. The Bertz CT molecular complexity index is 972. The van der Waals surface area contributed by atoms with Gasteiger partial charge in [0.25, 0.3) is 11.8 Å². The Morgan fingerprint density at radius 1 is 0.778 bits per heavy atom. The fourth-order valence-electron chi connectivity index (χ4n) is 3.06. The molecule has 27 heavy (non-hydrogen) atoms. The lowest BCUT2D eigenvalue weighted by molar-refractivity contribution is -0.122. The standard InChI is InChI=1S/C21H15FN2O3/c22-14-11-9-13(10-12-14)20(25)23-24-21(26)19-15-5-1-3-7-17(15)27-18-8-4-2-6-16(18)19/h1-12,19H,(H,23,25)(H,24,26). The van der Waals surface area contributed by atoms with Crippen LogP contribution in [-0.2, 0) is 4.79 Å². The van der Waals surface area contributed by atoms with Gasteiger partial charge in [0, 0.05) is 16.7 Å². The molecular formula is C21H15FN2O3. The Morgan fingerprint density at radius 2 is 1.33 bits per heavy atom. The van der Waals surface area contributed by atoms with Gasteiger partial charge in [-0.15, -0.1) is 0 Å². The van der Waals surface area contributed by atoms with Crippen LogP contribution in [0.25, 0.3) is 0 Å². The van der Waals surface area contributed by atoms with E-state index in [0.29, 0.717) is 22.6 Å². The largest absolute Gasteiger partial charge is 0.457 e. The molecule has 0 bridgehead atoms. The maximum absolute atomic E-state index is 13.0. The number of carbonyl (C=O) groups is 2. The minimum Gasteiger partial charge on any atom is -0.457 e. The Balaban J connectivity index is 1.57. The molecule has 4 rings (SSSR count). The van der Waals surface area contributed by atoms with Gasteiger partial charge in [-0.1, -0.05) is 36.4 Å². The number of hydrazine groups is 1. The van der Waals surface area contributed by atoms with Crippen molar-refractivity contribution in [1.29, 1.82) is 0 Å². The van der Waals surface area contributed by atoms with Crippen LogP contribution in [0.3, 0.4) is 0 Å². The van der Waals surface area contributed by atoms with E-state index in [2.05, 4.69) is 10.9 Å². The van der Waals surface area contributed by atoms with Gasteiger partial charge in [0.2, 0.25) is 0 Å². The number of carbonyl (C=O) groups excluding carboxylic acids is 2. The summed E-state index contributed by atoms with van der Waals surface area (Å²) in [7, 11) is 0. The highest BCUT2D eigenvalue weighted by Gasteiger charge is 2.32. The topological polar surface area (TPSA) is 67.4 Å². The zero-order valence-electron chi connectivity index (χ0n) is 14.1. The van der Waals surface area contributed by atoms with Crippen molar-refractivity contribution in [2.75, 3.05) is 0 Å². The third-order valence-electron chi connectivity index (χ3n) is 4.35. The van der Waals surface area contributed by atoms with Crippen LogP contribution in [-0.4, -0.2) is 11.8 Å². The van der Waals surface area contributed by atoms with Gasteiger partial charge in [-0.05, 0) is 36.4 Å². The van der Waals surface area contributed by atoms with E-state index in [1.807, 2.05) is 36.4 Å². The molecule has 6 heteroatoms. The predicted octanol–water partition coefficient (Wildman–Crippen LogP) is 3.52. The first-order valence-corrected chi connectivity index (χ1v) is 8.35. The molecule has 1 aliphatic heterocycles. The first-order valence-electron chi connectivity index (χ1n) is 8.35. The van der Waals surface area contributed by atoms with Crippen LogP contribution in [0.4, 0.5) is 4.39 Å². The van der Waals surface area contributed by atoms with Crippen molar-refractivity contribution < 1.29 is 18.7 Å². The normalized spacial score (nSPS) is 12.3. The van der Waals surface area contributed by atoms with Crippen molar-refractivity contribution >= 4 is 11.8 Å². The lowest BCUT2D eigenvalue weighted by Crippen LogP contribution is -2.44. The molecule has 1 aliphatic rings. The van der Waals surface area contributed by atoms with Gasteiger partial charge in [0.05, 0.1) is 5.92 Å². The van der Waals surface area contributed by atoms with E-state index in [4.69, 9.17) is 4.74 Å². The Hall–Kier alpha value is -3.67. The molecule has 2 N–H and O–H groups in total. The van der Waals surface area contributed by atoms with Gasteiger partial charge in [0.1, 0.15) is 17.3 Å². The van der Waals surface area contributed by atoms with Crippen LogP contribution < -0.4 is 15.6 Å². The van der Waals surface area contributed by atoms with Gasteiger partial charge < -0.3 is 4.74 Å². The second kappa shape index (κ2) is 6.92. The highest BCUT2D eigenvalue weighted by atomic mass is 19.1. The van der Waals surface area contributed by atoms with Crippen molar-refractivity contribution in [3.63, 3.8) is 0 Å². The summed E-state index contributed by atoms with van der Waals surface area (Å²) in [6.07, 6.45) is 0. The first kappa shape index (κ1) is 16.8. The summed E-state index contributed by atoms with van der Waals surface area (Å²) in [6.45, 7) is 0. The van der Waals surface area contributed by atoms with Gasteiger partial charge in [-0.2, -0.15) is 0 Å².